The minimum absolute atomic E-state index is 0. The van der Waals surface area contributed by atoms with Crippen molar-refractivity contribution in [3.63, 3.8) is 0 Å². The monoisotopic (exact) mass is 514 g/mol. The van der Waals surface area contributed by atoms with Crippen molar-refractivity contribution in [2.75, 3.05) is 19.6 Å². The van der Waals surface area contributed by atoms with E-state index in [0.717, 1.165) is 57.3 Å². The fraction of sp³-hybridized carbons (Fsp3) is 0.480. The number of aryl methyl sites for hydroxylation is 1. The number of nitrogens with zero attached hydrogens (tertiary/aromatic N) is 1. The van der Waals surface area contributed by atoms with Crippen LogP contribution in [-0.4, -0.2) is 46.8 Å². The Hall–Kier alpha value is -1.34. The van der Waals surface area contributed by atoms with Gasteiger partial charge in [0.25, 0.3) is 0 Å². The van der Waals surface area contributed by atoms with Crippen LogP contribution in [0.3, 0.4) is 0 Å². The number of aliphatic hydroxyl groups excluding tert-OH is 1. The largest absolute Gasteiger partial charge is 0.481 e. The molecule has 182 valence electrons. The van der Waals surface area contributed by atoms with Gasteiger partial charge in [-0.3, -0.25) is 9.69 Å². The van der Waals surface area contributed by atoms with Crippen LogP contribution in [0.25, 0.3) is 0 Å². The SMILES string of the molecule is Cl.Cl.O=C(O)C1CCN(Cc2ccc3c(c2)C[C@@H](NC[C@H](O)c2cccc(Cl)c2)CC3)CC1. The molecule has 3 N–H and O–H groups in total. The first-order valence-electron chi connectivity index (χ1n) is 11.2. The molecular formula is C25H33Cl3N2O3. The number of hydrogen-bond donors (Lipinski definition) is 3. The molecular weight excluding hydrogens is 483 g/mol. The molecule has 4 rings (SSSR count). The van der Waals surface area contributed by atoms with E-state index < -0.39 is 12.1 Å². The summed E-state index contributed by atoms with van der Waals surface area (Å²) in [6.07, 6.45) is 3.98. The molecule has 2 atom stereocenters. The van der Waals surface area contributed by atoms with Crippen molar-refractivity contribution in [3.8, 4) is 0 Å². The Morgan fingerprint density at radius 1 is 1.09 bits per heavy atom. The Morgan fingerprint density at radius 3 is 2.55 bits per heavy atom. The number of nitrogens with one attached hydrogen (secondary N) is 1. The molecule has 1 fully saturated rings. The van der Waals surface area contributed by atoms with Gasteiger partial charge in [-0.05, 0) is 79.6 Å². The molecule has 0 radical (unpaired) electrons. The molecule has 2 aromatic rings. The second-order valence-electron chi connectivity index (χ2n) is 8.91. The normalized spacial score (nSPS) is 19.6. The van der Waals surface area contributed by atoms with Gasteiger partial charge in [-0.15, -0.1) is 24.8 Å². The molecule has 1 aliphatic heterocycles. The second-order valence-corrected chi connectivity index (χ2v) is 9.35. The molecule has 0 aromatic heterocycles. The standard InChI is InChI=1S/C25H31ClN2O3.2ClH/c26-22-3-1-2-20(13-22)24(29)15-27-23-7-6-18-5-4-17(12-21(18)14-23)16-28-10-8-19(9-11-28)25(30)31;;/h1-5,12-13,19,23-24,27,29H,6-11,14-16H2,(H,30,31);2*1H/t23-,24-;;/m0../s1. The zero-order valence-electron chi connectivity index (χ0n) is 18.6. The van der Waals surface area contributed by atoms with Crippen molar-refractivity contribution in [1.29, 1.82) is 0 Å². The van der Waals surface area contributed by atoms with Gasteiger partial charge in [0.15, 0.2) is 0 Å². The van der Waals surface area contributed by atoms with Gasteiger partial charge in [0.2, 0.25) is 0 Å². The number of benzene rings is 2. The average Bonchev–Trinajstić information content (AvgIpc) is 2.77. The van der Waals surface area contributed by atoms with E-state index in [2.05, 4.69) is 28.4 Å². The van der Waals surface area contributed by atoms with Crippen LogP contribution in [0.15, 0.2) is 42.5 Å². The quantitative estimate of drug-likeness (QED) is 0.500. The average molecular weight is 516 g/mol. The lowest BCUT2D eigenvalue weighted by Gasteiger charge is -2.31. The van der Waals surface area contributed by atoms with Gasteiger partial charge in [-0.2, -0.15) is 0 Å². The summed E-state index contributed by atoms with van der Waals surface area (Å²) >= 11 is 6.04. The number of piperidine rings is 1. The highest BCUT2D eigenvalue weighted by atomic mass is 35.5. The van der Waals surface area contributed by atoms with Gasteiger partial charge < -0.3 is 15.5 Å². The molecule has 2 aromatic carbocycles. The lowest BCUT2D eigenvalue weighted by atomic mass is 9.87. The second kappa shape index (κ2) is 12.9. The van der Waals surface area contributed by atoms with E-state index in [0.29, 0.717) is 17.6 Å². The molecule has 2 aliphatic rings. The smallest absolute Gasteiger partial charge is 0.306 e. The number of hydrogen-bond acceptors (Lipinski definition) is 4. The number of fused-ring (bicyclic) bond motifs is 1. The summed E-state index contributed by atoms with van der Waals surface area (Å²) in [5.41, 5.74) is 4.94. The Bertz CT molecular complexity index is 920. The lowest BCUT2D eigenvalue weighted by Crippen LogP contribution is -2.37. The predicted molar refractivity (Wildman–Crippen MR) is 137 cm³/mol. The van der Waals surface area contributed by atoms with Gasteiger partial charge in [-0.25, -0.2) is 0 Å². The van der Waals surface area contributed by atoms with Crippen LogP contribution in [-0.2, 0) is 24.2 Å². The summed E-state index contributed by atoms with van der Waals surface area (Å²) in [4.78, 5) is 13.5. The number of aliphatic carboxylic acids is 1. The number of carboxylic acid groups (broad SMARTS) is 1. The zero-order chi connectivity index (χ0) is 21.8. The van der Waals surface area contributed by atoms with E-state index in [-0.39, 0.29) is 30.7 Å². The Balaban J connectivity index is 0.00000193. The number of carbonyl (C=O) groups is 1. The third-order valence-electron chi connectivity index (χ3n) is 6.68. The fourth-order valence-electron chi connectivity index (χ4n) is 4.79. The van der Waals surface area contributed by atoms with Crippen molar-refractivity contribution in [2.45, 2.75) is 50.8 Å². The highest BCUT2D eigenvalue weighted by Crippen LogP contribution is 2.25. The highest BCUT2D eigenvalue weighted by molar-refractivity contribution is 6.30. The van der Waals surface area contributed by atoms with Crippen LogP contribution in [0.2, 0.25) is 5.02 Å². The topological polar surface area (TPSA) is 72.8 Å². The van der Waals surface area contributed by atoms with Crippen molar-refractivity contribution in [3.05, 3.63) is 69.7 Å². The van der Waals surface area contributed by atoms with Crippen molar-refractivity contribution < 1.29 is 15.0 Å². The van der Waals surface area contributed by atoms with Gasteiger partial charge >= 0.3 is 5.97 Å². The summed E-state index contributed by atoms with van der Waals surface area (Å²) in [7, 11) is 0. The van der Waals surface area contributed by atoms with Crippen LogP contribution >= 0.6 is 36.4 Å². The van der Waals surface area contributed by atoms with E-state index >= 15 is 0 Å². The van der Waals surface area contributed by atoms with Gasteiger partial charge in [0.1, 0.15) is 0 Å². The number of aliphatic hydroxyl groups is 1. The maximum Gasteiger partial charge on any atom is 0.306 e. The summed E-state index contributed by atoms with van der Waals surface area (Å²) in [5.74, 6) is -0.846. The summed E-state index contributed by atoms with van der Waals surface area (Å²) in [5, 5.41) is 23.8. The third kappa shape index (κ3) is 7.57. The van der Waals surface area contributed by atoms with E-state index in [4.69, 9.17) is 11.6 Å². The van der Waals surface area contributed by atoms with Crippen LogP contribution in [0.5, 0.6) is 0 Å². The zero-order valence-corrected chi connectivity index (χ0v) is 21.0. The third-order valence-corrected chi connectivity index (χ3v) is 6.91. The number of likely N-dealkylation sites (tertiary alicyclic amines) is 1. The highest BCUT2D eigenvalue weighted by Gasteiger charge is 2.25. The Kier molecular flexibility index (Phi) is 10.9. The van der Waals surface area contributed by atoms with E-state index in [1.807, 2.05) is 24.3 Å². The van der Waals surface area contributed by atoms with Crippen LogP contribution in [0.4, 0.5) is 0 Å². The Morgan fingerprint density at radius 2 is 1.85 bits per heavy atom. The van der Waals surface area contributed by atoms with Crippen LogP contribution in [0, 0.1) is 5.92 Å². The van der Waals surface area contributed by atoms with E-state index in [1.165, 1.54) is 16.7 Å². The van der Waals surface area contributed by atoms with E-state index in [1.54, 1.807) is 0 Å². The molecule has 0 unspecified atom stereocenters. The number of rotatable bonds is 7. The molecule has 8 heteroatoms. The molecule has 1 heterocycles. The predicted octanol–water partition coefficient (Wildman–Crippen LogP) is 4.66. The fourth-order valence-corrected chi connectivity index (χ4v) is 4.99. The van der Waals surface area contributed by atoms with Gasteiger partial charge in [0.05, 0.1) is 12.0 Å². The molecule has 0 amide bonds. The van der Waals surface area contributed by atoms with Crippen molar-refractivity contribution in [1.82, 2.24) is 10.2 Å². The molecule has 1 aliphatic carbocycles. The Labute approximate surface area is 213 Å². The van der Waals surface area contributed by atoms with Gasteiger partial charge in [0, 0.05) is 24.2 Å². The molecule has 33 heavy (non-hydrogen) atoms. The minimum atomic E-state index is -0.660. The molecule has 0 bridgehead atoms. The summed E-state index contributed by atoms with van der Waals surface area (Å²) in [6, 6.07) is 14.5. The summed E-state index contributed by atoms with van der Waals surface area (Å²) < 4.78 is 0. The first-order valence-corrected chi connectivity index (χ1v) is 11.6. The van der Waals surface area contributed by atoms with Crippen LogP contribution in [0.1, 0.15) is 47.6 Å². The first-order chi connectivity index (χ1) is 15.0. The number of carboxylic acids is 1. The minimum Gasteiger partial charge on any atom is -0.481 e. The molecule has 5 nitrogen and oxygen atoms in total. The van der Waals surface area contributed by atoms with Gasteiger partial charge in [-0.1, -0.05) is 41.9 Å². The molecule has 1 saturated heterocycles. The number of halogens is 3. The van der Waals surface area contributed by atoms with E-state index in [9.17, 15) is 15.0 Å². The lowest BCUT2D eigenvalue weighted by molar-refractivity contribution is -0.143. The first kappa shape index (κ1) is 27.9. The molecule has 0 saturated carbocycles. The molecule has 0 spiro atoms. The van der Waals surface area contributed by atoms with Crippen LogP contribution < -0.4 is 5.32 Å². The summed E-state index contributed by atoms with van der Waals surface area (Å²) in [6.45, 7) is 3.09. The maximum atomic E-state index is 11.2. The maximum absolute atomic E-state index is 11.2. The van der Waals surface area contributed by atoms with Crippen molar-refractivity contribution in [2.24, 2.45) is 5.92 Å². The van der Waals surface area contributed by atoms with Crippen molar-refractivity contribution >= 4 is 42.4 Å².